The summed E-state index contributed by atoms with van der Waals surface area (Å²) in [6, 6.07) is 10.1. The van der Waals surface area contributed by atoms with Gasteiger partial charge in [0.25, 0.3) is 0 Å². The van der Waals surface area contributed by atoms with Crippen LogP contribution in [-0.2, 0) is 0 Å². The Morgan fingerprint density at radius 3 is 2.47 bits per heavy atom. The fourth-order valence-corrected chi connectivity index (χ4v) is 2.91. The first-order valence-corrected chi connectivity index (χ1v) is 6.48. The number of hydrogen-bond donors (Lipinski definition) is 1. The fraction of sp³-hybridized carbons (Fsp3) is 0.385. The van der Waals surface area contributed by atoms with Gasteiger partial charge >= 0.3 is 0 Å². The molecule has 1 heterocycles. The minimum Gasteiger partial charge on any atom is -0.386 e. The Hall–Kier alpha value is -0.730. The summed E-state index contributed by atoms with van der Waals surface area (Å²) in [5.74, 6) is 2.13. The van der Waals surface area contributed by atoms with Gasteiger partial charge in [-0.25, -0.2) is 0 Å². The minimum absolute atomic E-state index is 0.568. The van der Waals surface area contributed by atoms with Gasteiger partial charge in [0.15, 0.2) is 0 Å². The van der Waals surface area contributed by atoms with Gasteiger partial charge in [-0.3, -0.25) is 0 Å². The van der Waals surface area contributed by atoms with Crippen LogP contribution in [0.4, 0.5) is 0 Å². The van der Waals surface area contributed by atoms with Crippen molar-refractivity contribution in [1.29, 1.82) is 0 Å². The Balaban J connectivity index is 2.04. The van der Waals surface area contributed by atoms with Crippen molar-refractivity contribution in [3.05, 3.63) is 42.0 Å². The van der Waals surface area contributed by atoms with E-state index in [-0.39, 0.29) is 0 Å². The van der Waals surface area contributed by atoms with Crippen LogP contribution in [0.1, 0.15) is 18.4 Å². The molecule has 0 saturated carbocycles. The number of thioether (sulfide) groups is 1. The molecule has 1 aliphatic rings. The normalized spacial score (nSPS) is 20.6. The number of hydrogen-bond acceptors (Lipinski definition) is 2. The van der Waals surface area contributed by atoms with Crippen molar-refractivity contribution in [2.24, 2.45) is 0 Å². The van der Waals surface area contributed by atoms with E-state index < -0.39 is 5.60 Å². The summed E-state index contributed by atoms with van der Waals surface area (Å²) in [6.07, 6.45) is 5.74. The Morgan fingerprint density at radius 2 is 1.80 bits per heavy atom. The second-order valence-electron chi connectivity index (χ2n) is 3.96. The average molecular weight is 220 g/mol. The van der Waals surface area contributed by atoms with E-state index in [1.165, 1.54) is 0 Å². The first kappa shape index (κ1) is 10.8. The molecule has 0 amide bonds. The van der Waals surface area contributed by atoms with E-state index in [9.17, 15) is 5.11 Å². The third kappa shape index (κ3) is 3.11. The van der Waals surface area contributed by atoms with Gasteiger partial charge in [-0.2, -0.15) is 11.8 Å². The van der Waals surface area contributed by atoms with Crippen LogP contribution in [0.25, 0.3) is 6.08 Å². The van der Waals surface area contributed by atoms with Crippen LogP contribution < -0.4 is 0 Å². The molecule has 0 unspecified atom stereocenters. The van der Waals surface area contributed by atoms with Crippen LogP contribution >= 0.6 is 11.8 Å². The molecule has 0 atom stereocenters. The standard InChI is InChI=1S/C13H16OS/c14-13(8-10-15-11-9-13)7-6-12-4-2-1-3-5-12/h1-7,14H,8-11H2/b7-6+. The van der Waals surface area contributed by atoms with Crippen LogP contribution in [0.3, 0.4) is 0 Å². The summed E-state index contributed by atoms with van der Waals surface area (Å²) in [6.45, 7) is 0. The van der Waals surface area contributed by atoms with Crippen molar-refractivity contribution >= 4 is 17.8 Å². The van der Waals surface area contributed by atoms with E-state index in [1.807, 2.05) is 42.1 Å². The van der Waals surface area contributed by atoms with Crippen LogP contribution in [0.5, 0.6) is 0 Å². The highest BCUT2D eigenvalue weighted by Crippen LogP contribution is 2.28. The summed E-state index contributed by atoms with van der Waals surface area (Å²) in [7, 11) is 0. The first-order chi connectivity index (χ1) is 7.29. The van der Waals surface area contributed by atoms with Gasteiger partial charge in [-0.05, 0) is 29.9 Å². The molecular weight excluding hydrogens is 204 g/mol. The molecule has 0 aliphatic carbocycles. The lowest BCUT2D eigenvalue weighted by Gasteiger charge is -2.28. The van der Waals surface area contributed by atoms with Gasteiger partial charge in [-0.15, -0.1) is 0 Å². The van der Waals surface area contributed by atoms with Crippen LogP contribution in [0.2, 0.25) is 0 Å². The van der Waals surface area contributed by atoms with E-state index >= 15 is 0 Å². The molecule has 1 aliphatic heterocycles. The van der Waals surface area contributed by atoms with Gasteiger partial charge in [-0.1, -0.05) is 42.5 Å². The lowest BCUT2D eigenvalue weighted by Crippen LogP contribution is -2.30. The van der Waals surface area contributed by atoms with E-state index in [0.717, 1.165) is 29.9 Å². The predicted octanol–water partition coefficient (Wildman–Crippen LogP) is 2.96. The number of rotatable bonds is 2. The largest absolute Gasteiger partial charge is 0.386 e. The molecule has 1 aromatic carbocycles. The quantitative estimate of drug-likeness (QED) is 0.827. The zero-order chi connectivity index (χ0) is 10.6. The zero-order valence-corrected chi connectivity index (χ0v) is 9.54. The molecule has 1 N–H and O–H groups in total. The van der Waals surface area contributed by atoms with E-state index in [2.05, 4.69) is 12.1 Å². The van der Waals surface area contributed by atoms with Gasteiger partial charge in [0.2, 0.25) is 0 Å². The smallest absolute Gasteiger partial charge is 0.0846 e. The average Bonchev–Trinajstić information content (AvgIpc) is 2.29. The fourth-order valence-electron chi connectivity index (χ4n) is 1.71. The van der Waals surface area contributed by atoms with Crippen molar-refractivity contribution < 1.29 is 5.11 Å². The first-order valence-electron chi connectivity index (χ1n) is 5.33. The third-order valence-corrected chi connectivity index (χ3v) is 3.73. The molecule has 0 spiro atoms. The minimum atomic E-state index is -0.568. The molecule has 0 radical (unpaired) electrons. The van der Waals surface area contributed by atoms with Crippen molar-refractivity contribution in [3.63, 3.8) is 0 Å². The molecule has 80 valence electrons. The van der Waals surface area contributed by atoms with Crippen molar-refractivity contribution in [3.8, 4) is 0 Å². The highest BCUT2D eigenvalue weighted by atomic mass is 32.2. The monoisotopic (exact) mass is 220 g/mol. The summed E-state index contributed by atoms with van der Waals surface area (Å²) < 4.78 is 0. The molecule has 1 fully saturated rings. The topological polar surface area (TPSA) is 20.2 Å². The van der Waals surface area contributed by atoms with Crippen LogP contribution in [-0.4, -0.2) is 22.2 Å². The summed E-state index contributed by atoms with van der Waals surface area (Å²) in [5.41, 5.74) is 0.588. The zero-order valence-electron chi connectivity index (χ0n) is 8.73. The summed E-state index contributed by atoms with van der Waals surface area (Å²) in [5, 5.41) is 10.2. The Bertz CT molecular complexity index is 326. The van der Waals surface area contributed by atoms with Gasteiger partial charge in [0.1, 0.15) is 0 Å². The SMILES string of the molecule is OC1(/C=C/c2ccccc2)CCSCC1. The molecule has 0 aromatic heterocycles. The maximum atomic E-state index is 10.2. The highest BCUT2D eigenvalue weighted by molar-refractivity contribution is 7.99. The van der Waals surface area contributed by atoms with Crippen molar-refractivity contribution in [2.45, 2.75) is 18.4 Å². The van der Waals surface area contributed by atoms with Gasteiger partial charge in [0, 0.05) is 0 Å². The van der Waals surface area contributed by atoms with Crippen molar-refractivity contribution in [2.75, 3.05) is 11.5 Å². The third-order valence-electron chi connectivity index (χ3n) is 2.74. The summed E-state index contributed by atoms with van der Waals surface area (Å²) >= 11 is 1.92. The lowest BCUT2D eigenvalue weighted by molar-refractivity contribution is 0.0833. The molecule has 1 nitrogen and oxygen atoms in total. The molecular formula is C13H16OS. The molecule has 15 heavy (non-hydrogen) atoms. The second-order valence-corrected chi connectivity index (χ2v) is 5.18. The number of aliphatic hydroxyl groups is 1. The molecule has 2 rings (SSSR count). The van der Waals surface area contributed by atoms with Crippen LogP contribution in [0.15, 0.2) is 36.4 Å². The summed E-state index contributed by atoms with van der Waals surface area (Å²) in [4.78, 5) is 0. The van der Waals surface area contributed by atoms with Crippen molar-refractivity contribution in [1.82, 2.24) is 0 Å². The molecule has 1 saturated heterocycles. The Morgan fingerprint density at radius 1 is 1.13 bits per heavy atom. The van der Waals surface area contributed by atoms with Gasteiger partial charge in [0.05, 0.1) is 5.60 Å². The van der Waals surface area contributed by atoms with Crippen LogP contribution in [0, 0.1) is 0 Å². The van der Waals surface area contributed by atoms with E-state index in [1.54, 1.807) is 0 Å². The predicted molar refractivity (Wildman–Crippen MR) is 67.0 cm³/mol. The maximum Gasteiger partial charge on any atom is 0.0846 e. The Kier molecular flexibility index (Phi) is 3.49. The molecule has 2 heteroatoms. The van der Waals surface area contributed by atoms with E-state index in [4.69, 9.17) is 0 Å². The second kappa shape index (κ2) is 4.86. The molecule has 0 bridgehead atoms. The Labute approximate surface area is 95.2 Å². The molecule has 1 aromatic rings. The number of benzene rings is 1. The highest BCUT2D eigenvalue weighted by Gasteiger charge is 2.25. The van der Waals surface area contributed by atoms with Gasteiger partial charge < -0.3 is 5.11 Å². The lowest BCUT2D eigenvalue weighted by atomic mass is 9.95. The maximum absolute atomic E-state index is 10.2. The van der Waals surface area contributed by atoms with E-state index in [0.29, 0.717) is 0 Å².